The Balaban J connectivity index is 1.39. The molecular formula is C30H41NO3. The van der Waals surface area contributed by atoms with Crippen LogP contribution < -0.4 is 0 Å². The molecule has 0 heterocycles. The molecule has 0 spiro atoms. The van der Waals surface area contributed by atoms with E-state index in [2.05, 4.69) is 32.6 Å². The Morgan fingerprint density at radius 1 is 1.24 bits per heavy atom. The maximum absolute atomic E-state index is 10.2. The second-order valence-corrected chi connectivity index (χ2v) is 11.0. The summed E-state index contributed by atoms with van der Waals surface area (Å²) in [5.41, 5.74) is 5.02. The lowest BCUT2D eigenvalue weighted by atomic mass is 9.61. The van der Waals surface area contributed by atoms with Gasteiger partial charge in [0.15, 0.2) is 0 Å². The molecule has 3 fully saturated rings. The fraction of sp³-hybridized carbons (Fsp3) is 0.567. The second kappa shape index (κ2) is 10.7. The van der Waals surface area contributed by atoms with Crippen LogP contribution in [-0.2, 0) is 4.74 Å². The van der Waals surface area contributed by atoms with Crippen LogP contribution in [0, 0.1) is 28.6 Å². The number of benzene rings is 1. The lowest BCUT2D eigenvalue weighted by molar-refractivity contribution is 0.0458. The number of ether oxygens (including phenoxy) is 1. The summed E-state index contributed by atoms with van der Waals surface area (Å²) in [7, 11) is 0. The zero-order valence-corrected chi connectivity index (χ0v) is 20.8. The van der Waals surface area contributed by atoms with Crippen molar-refractivity contribution in [1.82, 2.24) is 0 Å². The largest absolute Gasteiger partial charge is 0.393 e. The molecule has 0 radical (unpaired) electrons. The summed E-state index contributed by atoms with van der Waals surface area (Å²) in [5, 5.41) is 28.5. The SMILES string of the molecule is C=C1/C(=C\C=C2/CCC[C@]3(C)[C@@H]([C@H](C)COCC(=N)c4ccccc4)CC[C@@H]23)C[C@@H](O)C[C@@H]1O. The van der Waals surface area contributed by atoms with Gasteiger partial charge >= 0.3 is 0 Å². The van der Waals surface area contributed by atoms with E-state index in [9.17, 15) is 10.2 Å². The summed E-state index contributed by atoms with van der Waals surface area (Å²) in [6.07, 6.45) is 10.3. The Morgan fingerprint density at radius 3 is 2.76 bits per heavy atom. The van der Waals surface area contributed by atoms with Crippen LogP contribution in [0.5, 0.6) is 0 Å². The van der Waals surface area contributed by atoms with Crippen LogP contribution in [0.3, 0.4) is 0 Å². The van der Waals surface area contributed by atoms with Gasteiger partial charge in [-0.05, 0) is 78.4 Å². The second-order valence-electron chi connectivity index (χ2n) is 11.0. The fourth-order valence-electron chi connectivity index (χ4n) is 6.86. The standard InChI is InChI=1S/C30H41NO3/c1-20(18-34-19-28(31)23-8-5-4-6-9-23)26-13-14-27-22(10-7-15-30(26,27)3)11-12-24-16-25(32)17-29(33)21(24)2/h4-6,8-9,11-12,20,25-27,29,31-33H,2,7,10,13-19H2,1,3H3/b22-11+,24-12-,31-28?/t20-,25-,26-,27+,29+,30-/m1/s1. The predicted octanol–water partition coefficient (Wildman–Crippen LogP) is 5.85. The maximum atomic E-state index is 10.2. The molecule has 0 unspecified atom stereocenters. The normalized spacial score (nSPS) is 34.9. The van der Waals surface area contributed by atoms with E-state index in [4.69, 9.17) is 10.1 Å². The van der Waals surface area contributed by atoms with Crippen LogP contribution in [0.2, 0.25) is 0 Å². The number of rotatable bonds is 7. The Morgan fingerprint density at radius 2 is 2.00 bits per heavy atom. The Hall–Kier alpha value is -2.01. The van der Waals surface area contributed by atoms with E-state index in [0.717, 1.165) is 23.1 Å². The van der Waals surface area contributed by atoms with E-state index in [0.29, 0.717) is 49.5 Å². The zero-order valence-electron chi connectivity index (χ0n) is 20.8. The molecule has 0 bridgehead atoms. The molecule has 0 aromatic heterocycles. The molecule has 3 N–H and O–H groups in total. The molecule has 1 aromatic rings. The van der Waals surface area contributed by atoms with E-state index in [1.165, 1.54) is 31.3 Å². The molecule has 4 rings (SSSR count). The lowest BCUT2D eigenvalue weighted by Crippen LogP contribution is -2.37. The molecule has 6 atom stereocenters. The quantitative estimate of drug-likeness (QED) is 0.444. The Bertz CT molecular complexity index is 949. The van der Waals surface area contributed by atoms with E-state index in [-0.39, 0.29) is 5.41 Å². The van der Waals surface area contributed by atoms with Gasteiger partial charge in [0, 0.05) is 13.0 Å². The zero-order chi connectivity index (χ0) is 24.3. The Kier molecular flexibility index (Phi) is 7.91. The molecule has 184 valence electrons. The summed E-state index contributed by atoms with van der Waals surface area (Å²) >= 11 is 0. The smallest absolute Gasteiger partial charge is 0.0886 e. The molecule has 3 saturated carbocycles. The number of aliphatic hydroxyl groups excluding tert-OH is 2. The summed E-state index contributed by atoms with van der Waals surface area (Å²) in [4.78, 5) is 0. The highest BCUT2D eigenvalue weighted by molar-refractivity contribution is 5.99. The van der Waals surface area contributed by atoms with Gasteiger partial charge in [-0.2, -0.15) is 0 Å². The van der Waals surface area contributed by atoms with Crippen molar-refractivity contribution in [3.8, 4) is 0 Å². The monoisotopic (exact) mass is 463 g/mol. The minimum Gasteiger partial charge on any atom is -0.393 e. The van der Waals surface area contributed by atoms with Gasteiger partial charge in [0.25, 0.3) is 0 Å². The predicted molar refractivity (Wildman–Crippen MR) is 138 cm³/mol. The van der Waals surface area contributed by atoms with Crippen molar-refractivity contribution in [2.45, 2.75) is 71.0 Å². The fourth-order valence-corrected chi connectivity index (χ4v) is 6.86. The van der Waals surface area contributed by atoms with Gasteiger partial charge in [0.1, 0.15) is 0 Å². The first-order valence-corrected chi connectivity index (χ1v) is 12.9. The summed E-state index contributed by atoms with van der Waals surface area (Å²) < 4.78 is 6.03. The summed E-state index contributed by atoms with van der Waals surface area (Å²) in [6.45, 7) is 9.92. The van der Waals surface area contributed by atoms with Gasteiger partial charge < -0.3 is 20.4 Å². The molecule has 1 aromatic carbocycles. The molecule has 0 saturated heterocycles. The van der Waals surface area contributed by atoms with Crippen molar-refractivity contribution in [3.05, 3.63) is 71.3 Å². The minimum atomic E-state index is -0.634. The highest BCUT2D eigenvalue weighted by Crippen LogP contribution is 2.59. The van der Waals surface area contributed by atoms with E-state index in [1.807, 2.05) is 30.3 Å². The number of allylic oxidation sites excluding steroid dienone is 3. The molecule has 3 aliphatic carbocycles. The van der Waals surface area contributed by atoms with E-state index >= 15 is 0 Å². The van der Waals surface area contributed by atoms with Gasteiger partial charge in [-0.1, -0.05) is 68.5 Å². The van der Waals surface area contributed by atoms with Gasteiger partial charge in [-0.3, -0.25) is 0 Å². The number of hydrogen-bond donors (Lipinski definition) is 3. The van der Waals surface area contributed by atoms with Gasteiger partial charge in [-0.15, -0.1) is 0 Å². The average molecular weight is 464 g/mol. The molecule has 3 aliphatic rings. The molecular weight excluding hydrogens is 422 g/mol. The molecule has 0 aliphatic heterocycles. The van der Waals surface area contributed by atoms with Crippen molar-refractivity contribution < 1.29 is 14.9 Å². The van der Waals surface area contributed by atoms with Crippen molar-refractivity contribution in [3.63, 3.8) is 0 Å². The molecule has 34 heavy (non-hydrogen) atoms. The van der Waals surface area contributed by atoms with Gasteiger partial charge in [0.2, 0.25) is 0 Å². The summed E-state index contributed by atoms with van der Waals surface area (Å²) in [5.74, 6) is 1.66. The number of hydrogen-bond acceptors (Lipinski definition) is 4. The summed E-state index contributed by atoms with van der Waals surface area (Å²) in [6, 6.07) is 9.83. The highest BCUT2D eigenvalue weighted by atomic mass is 16.5. The van der Waals surface area contributed by atoms with Crippen molar-refractivity contribution in [1.29, 1.82) is 5.41 Å². The third kappa shape index (κ3) is 5.30. The highest BCUT2D eigenvalue weighted by Gasteiger charge is 2.50. The lowest BCUT2D eigenvalue weighted by Gasteiger charge is -2.44. The van der Waals surface area contributed by atoms with Crippen LogP contribution in [0.1, 0.15) is 64.4 Å². The van der Waals surface area contributed by atoms with Crippen molar-refractivity contribution in [2.75, 3.05) is 13.2 Å². The van der Waals surface area contributed by atoms with Crippen LogP contribution in [-0.4, -0.2) is 41.3 Å². The Labute approximate surface area is 204 Å². The topological polar surface area (TPSA) is 73.5 Å². The molecule has 4 heteroatoms. The van der Waals surface area contributed by atoms with Crippen molar-refractivity contribution in [2.24, 2.45) is 23.2 Å². The van der Waals surface area contributed by atoms with Crippen LogP contribution in [0.4, 0.5) is 0 Å². The molecule has 0 amide bonds. The minimum absolute atomic E-state index is 0.279. The third-order valence-electron chi connectivity index (χ3n) is 8.74. The van der Waals surface area contributed by atoms with E-state index < -0.39 is 12.2 Å². The number of aliphatic hydroxyl groups is 2. The number of nitrogens with one attached hydrogen (secondary N) is 1. The first kappa shape index (κ1) is 25.1. The number of fused-ring (bicyclic) bond motifs is 1. The van der Waals surface area contributed by atoms with Crippen LogP contribution in [0.25, 0.3) is 0 Å². The first-order chi connectivity index (χ1) is 16.3. The van der Waals surface area contributed by atoms with Crippen molar-refractivity contribution >= 4 is 5.71 Å². The third-order valence-corrected chi connectivity index (χ3v) is 8.74. The van der Waals surface area contributed by atoms with Gasteiger partial charge in [0.05, 0.1) is 24.5 Å². The van der Waals surface area contributed by atoms with E-state index in [1.54, 1.807) is 0 Å². The molecule has 4 nitrogen and oxygen atoms in total. The maximum Gasteiger partial charge on any atom is 0.0886 e. The average Bonchev–Trinajstić information content (AvgIpc) is 3.18. The first-order valence-electron chi connectivity index (χ1n) is 12.9. The van der Waals surface area contributed by atoms with Crippen LogP contribution >= 0.6 is 0 Å². The van der Waals surface area contributed by atoms with Gasteiger partial charge in [-0.25, -0.2) is 0 Å². The van der Waals surface area contributed by atoms with Crippen LogP contribution in [0.15, 0.2) is 65.8 Å².